The minimum atomic E-state index is -3.71. The van der Waals surface area contributed by atoms with Crippen molar-refractivity contribution in [2.75, 3.05) is 29.8 Å². The molecule has 1 heterocycles. The van der Waals surface area contributed by atoms with Crippen LogP contribution in [0.3, 0.4) is 0 Å². The van der Waals surface area contributed by atoms with Gasteiger partial charge < -0.3 is 5.32 Å². The fourth-order valence-corrected chi connectivity index (χ4v) is 4.69. The van der Waals surface area contributed by atoms with Gasteiger partial charge in [0.05, 0.1) is 17.1 Å². The third-order valence-corrected chi connectivity index (χ3v) is 6.96. The third kappa shape index (κ3) is 4.72. The Morgan fingerprint density at radius 2 is 1.89 bits per heavy atom. The van der Waals surface area contributed by atoms with Crippen molar-refractivity contribution in [1.29, 1.82) is 0 Å². The summed E-state index contributed by atoms with van der Waals surface area (Å²) in [6.07, 6.45) is 3.41. The molecule has 1 saturated heterocycles. The predicted octanol–water partition coefficient (Wildman–Crippen LogP) is 3.32. The fraction of sp³-hybridized carbons (Fsp3) is 0.381. The summed E-state index contributed by atoms with van der Waals surface area (Å²) >= 11 is 0. The summed E-state index contributed by atoms with van der Waals surface area (Å²) in [6, 6.07) is 15.7. The first-order valence-electron chi connectivity index (χ1n) is 9.56. The van der Waals surface area contributed by atoms with Gasteiger partial charge in [0, 0.05) is 18.8 Å². The topological polar surface area (TPSA) is 69.7 Å². The molecule has 150 valence electrons. The Morgan fingerprint density at radius 3 is 2.61 bits per heavy atom. The van der Waals surface area contributed by atoms with Crippen LogP contribution in [0.15, 0.2) is 59.5 Å². The highest BCUT2D eigenvalue weighted by Crippen LogP contribution is 2.24. The molecule has 0 bridgehead atoms. The molecule has 1 aliphatic heterocycles. The van der Waals surface area contributed by atoms with Crippen molar-refractivity contribution in [1.82, 2.24) is 4.90 Å². The number of hydrogen-bond acceptors (Lipinski definition) is 4. The lowest BCUT2D eigenvalue weighted by Gasteiger charge is -2.32. The molecule has 0 saturated carbocycles. The summed E-state index contributed by atoms with van der Waals surface area (Å²) in [6.45, 7) is 3.38. The molecule has 28 heavy (non-hydrogen) atoms. The van der Waals surface area contributed by atoms with Crippen molar-refractivity contribution in [3.63, 3.8) is 0 Å². The van der Waals surface area contributed by atoms with Crippen LogP contribution >= 0.6 is 0 Å². The average molecular weight is 402 g/mol. The minimum absolute atomic E-state index is 0.125. The molecule has 1 atom stereocenters. The molecule has 1 fully saturated rings. The molecule has 0 radical (unpaired) electrons. The van der Waals surface area contributed by atoms with Crippen LogP contribution in [0.2, 0.25) is 0 Å². The van der Waals surface area contributed by atoms with Gasteiger partial charge in [0.25, 0.3) is 10.0 Å². The first-order chi connectivity index (χ1) is 13.4. The maximum absolute atomic E-state index is 12.9. The molecule has 0 unspecified atom stereocenters. The normalized spacial score (nSPS) is 17.9. The highest BCUT2D eigenvalue weighted by atomic mass is 32.2. The highest BCUT2D eigenvalue weighted by molar-refractivity contribution is 7.92. The molecule has 0 aliphatic carbocycles. The van der Waals surface area contributed by atoms with E-state index in [1.165, 1.54) is 29.9 Å². The summed E-state index contributed by atoms with van der Waals surface area (Å²) in [7, 11) is -2.19. The lowest BCUT2D eigenvalue weighted by molar-refractivity contribution is -0.118. The Hall–Kier alpha value is -2.38. The molecule has 2 aromatic carbocycles. The first kappa shape index (κ1) is 20.4. The molecular weight excluding hydrogens is 374 g/mol. The van der Waals surface area contributed by atoms with Gasteiger partial charge in [-0.3, -0.25) is 14.0 Å². The number of carbonyl (C=O) groups is 1. The maximum Gasteiger partial charge on any atom is 0.264 e. The number of hydrogen-bond donors (Lipinski definition) is 1. The van der Waals surface area contributed by atoms with E-state index in [9.17, 15) is 13.2 Å². The molecule has 2 aromatic rings. The quantitative estimate of drug-likeness (QED) is 0.806. The molecule has 0 aromatic heterocycles. The summed E-state index contributed by atoms with van der Waals surface area (Å²) in [5, 5.41) is 2.84. The van der Waals surface area contributed by atoms with E-state index >= 15 is 0 Å². The van der Waals surface area contributed by atoms with Crippen molar-refractivity contribution in [3.05, 3.63) is 54.6 Å². The largest absolute Gasteiger partial charge is 0.325 e. The summed E-state index contributed by atoms with van der Waals surface area (Å²) in [5.41, 5.74) is 1.06. The number of sulfonamides is 1. The van der Waals surface area contributed by atoms with Gasteiger partial charge in [-0.2, -0.15) is 0 Å². The maximum atomic E-state index is 12.9. The van der Waals surface area contributed by atoms with Gasteiger partial charge in [0.2, 0.25) is 5.91 Å². The Morgan fingerprint density at radius 1 is 1.14 bits per heavy atom. The van der Waals surface area contributed by atoms with Crippen LogP contribution in [0.25, 0.3) is 0 Å². The van der Waals surface area contributed by atoms with Crippen LogP contribution in [0.1, 0.15) is 26.2 Å². The third-order valence-electron chi connectivity index (χ3n) is 5.18. The van der Waals surface area contributed by atoms with Crippen molar-refractivity contribution < 1.29 is 13.2 Å². The number of anilines is 2. The van der Waals surface area contributed by atoms with Gasteiger partial charge in [-0.1, -0.05) is 30.7 Å². The molecule has 0 spiro atoms. The Labute approximate surface area is 167 Å². The highest BCUT2D eigenvalue weighted by Gasteiger charge is 2.23. The number of likely N-dealkylation sites (tertiary alicyclic amines) is 1. The van der Waals surface area contributed by atoms with Crippen molar-refractivity contribution in [3.8, 4) is 0 Å². The van der Waals surface area contributed by atoms with Crippen LogP contribution in [0.4, 0.5) is 11.4 Å². The molecular formula is C21H27N3O3S. The lowest BCUT2D eigenvalue weighted by atomic mass is 10.0. The number of benzene rings is 2. The Kier molecular flexibility index (Phi) is 6.36. The van der Waals surface area contributed by atoms with Crippen LogP contribution in [0.5, 0.6) is 0 Å². The van der Waals surface area contributed by atoms with Gasteiger partial charge in [-0.15, -0.1) is 0 Å². The van der Waals surface area contributed by atoms with Gasteiger partial charge >= 0.3 is 0 Å². The average Bonchev–Trinajstić information content (AvgIpc) is 2.70. The number of para-hydroxylation sites is 1. The molecule has 1 aliphatic rings. The van der Waals surface area contributed by atoms with Gasteiger partial charge in [0.1, 0.15) is 0 Å². The Bertz CT molecular complexity index is 916. The molecule has 7 heteroatoms. The van der Waals surface area contributed by atoms with E-state index in [4.69, 9.17) is 0 Å². The van der Waals surface area contributed by atoms with Crippen LogP contribution in [-0.4, -0.2) is 45.4 Å². The number of amides is 1. The zero-order chi connectivity index (χ0) is 20.1. The second kappa shape index (κ2) is 8.75. The number of nitrogens with zero attached hydrogens (tertiary/aromatic N) is 2. The first-order valence-corrected chi connectivity index (χ1v) is 11.0. The number of nitrogens with one attached hydrogen (secondary N) is 1. The van der Waals surface area contributed by atoms with Gasteiger partial charge in [-0.25, -0.2) is 8.42 Å². The zero-order valence-electron chi connectivity index (χ0n) is 16.3. The van der Waals surface area contributed by atoms with E-state index in [2.05, 4.69) is 17.1 Å². The molecule has 1 N–H and O–H groups in total. The van der Waals surface area contributed by atoms with Crippen molar-refractivity contribution in [2.24, 2.45) is 0 Å². The predicted molar refractivity (Wildman–Crippen MR) is 112 cm³/mol. The number of rotatable bonds is 6. The summed E-state index contributed by atoms with van der Waals surface area (Å²) in [5.74, 6) is -0.125. The van der Waals surface area contributed by atoms with Crippen LogP contribution < -0.4 is 9.62 Å². The van der Waals surface area contributed by atoms with E-state index in [1.54, 1.807) is 36.4 Å². The van der Waals surface area contributed by atoms with Crippen LogP contribution in [0, 0.1) is 0 Å². The Balaban J connectivity index is 1.72. The van der Waals surface area contributed by atoms with E-state index in [0.717, 1.165) is 19.4 Å². The van der Waals surface area contributed by atoms with Gasteiger partial charge in [0.15, 0.2) is 0 Å². The van der Waals surface area contributed by atoms with Crippen molar-refractivity contribution >= 4 is 27.3 Å². The standard InChI is InChI=1S/C21H27N3O3S/c1-17-9-6-7-14-24(17)16-21(25)22-18-10-8-13-20(15-18)28(26,27)23(2)19-11-4-3-5-12-19/h3-5,8,10-13,15,17H,6-7,9,14,16H2,1-2H3,(H,22,25)/t17-/m1/s1. The van der Waals surface area contributed by atoms with E-state index in [-0.39, 0.29) is 10.8 Å². The summed E-state index contributed by atoms with van der Waals surface area (Å²) < 4.78 is 27.1. The molecule has 3 rings (SSSR count). The SMILES string of the molecule is C[C@@H]1CCCCN1CC(=O)Nc1cccc(S(=O)(=O)N(C)c2ccccc2)c1. The zero-order valence-corrected chi connectivity index (χ0v) is 17.2. The van der Waals surface area contributed by atoms with E-state index in [0.29, 0.717) is 24.0 Å². The van der Waals surface area contributed by atoms with E-state index < -0.39 is 10.0 Å². The smallest absolute Gasteiger partial charge is 0.264 e. The summed E-state index contributed by atoms with van der Waals surface area (Å²) in [4.78, 5) is 14.7. The molecule has 1 amide bonds. The number of carbonyl (C=O) groups excluding carboxylic acids is 1. The monoisotopic (exact) mass is 401 g/mol. The second-order valence-corrected chi connectivity index (χ2v) is 9.17. The molecule has 6 nitrogen and oxygen atoms in total. The van der Waals surface area contributed by atoms with Gasteiger partial charge in [-0.05, 0) is 56.6 Å². The van der Waals surface area contributed by atoms with Crippen molar-refractivity contribution in [2.45, 2.75) is 37.1 Å². The minimum Gasteiger partial charge on any atom is -0.325 e. The second-order valence-electron chi connectivity index (χ2n) is 7.20. The number of piperidine rings is 1. The van der Waals surface area contributed by atoms with E-state index in [1.807, 2.05) is 6.07 Å². The lowest BCUT2D eigenvalue weighted by Crippen LogP contribution is -2.42. The fourth-order valence-electron chi connectivity index (χ4n) is 3.45. The van der Waals surface area contributed by atoms with Crippen LogP contribution in [-0.2, 0) is 14.8 Å².